The maximum absolute atomic E-state index is 11.6. The minimum Gasteiger partial charge on any atom is -0.354 e. The molecule has 1 aliphatic carbocycles. The van der Waals surface area contributed by atoms with Crippen molar-refractivity contribution in [2.24, 2.45) is 0 Å². The van der Waals surface area contributed by atoms with Gasteiger partial charge in [-0.2, -0.15) is 0 Å². The second-order valence-electron chi connectivity index (χ2n) is 5.41. The molecule has 0 radical (unpaired) electrons. The van der Waals surface area contributed by atoms with E-state index in [0.29, 0.717) is 18.5 Å². The normalized spacial score (nSPS) is 25.8. The van der Waals surface area contributed by atoms with Gasteiger partial charge >= 0.3 is 0 Å². The fourth-order valence-electron chi connectivity index (χ4n) is 2.40. The summed E-state index contributed by atoms with van der Waals surface area (Å²) in [4.78, 5) is 14.0. The van der Waals surface area contributed by atoms with Gasteiger partial charge in [0.2, 0.25) is 5.91 Å². The van der Waals surface area contributed by atoms with Crippen molar-refractivity contribution in [2.75, 3.05) is 26.7 Å². The molecule has 1 saturated carbocycles. The van der Waals surface area contributed by atoms with E-state index < -0.39 is 0 Å². The van der Waals surface area contributed by atoms with Crippen LogP contribution in [0.1, 0.15) is 38.5 Å². The third-order valence-electron chi connectivity index (χ3n) is 3.82. The smallest absolute Gasteiger partial charge is 0.221 e. The number of nitrogens with one attached hydrogen (secondary N) is 2. The summed E-state index contributed by atoms with van der Waals surface area (Å²) in [6.45, 7) is 2.82. The summed E-state index contributed by atoms with van der Waals surface area (Å²) in [5, 5.41) is 6.42. The van der Waals surface area contributed by atoms with Crippen molar-refractivity contribution < 1.29 is 4.79 Å². The molecule has 1 unspecified atom stereocenters. The van der Waals surface area contributed by atoms with Gasteiger partial charge in [-0.1, -0.05) is 6.42 Å². The van der Waals surface area contributed by atoms with E-state index in [1.165, 1.54) is 38.6 Å². The first-order valence-electron chi connectivity index (χ1n) is 6.96. The molecule has 0 aromatic rings. The van der Waals surface area contributed by atoms with Gasteiger partial charge in [-0.15, -0.1) is 0 Å². The van der Waals surface area contributed by atoms with Crippen LogP contribution < -0.4 is 10.6 Å². The van der Waals surface area contributed by atoms with E-state index in [0.717, 1.165) is 13.1 Å². The van der Waals surface area contributed by atoms with Crippen molar-refractivity contribution in [3.63, 3.8) is 0 Å². The maximum atomic E-state index is 11.6. The Morgan fingerprint density at radius 1 is 1.29 bits per heavy atom. The first kappa shape index (κ1) is 12.8. The van der Waals surface area contributed by atoms with Gasteiger partial charge in [0, 0.05) is 31.6 Å². The number of likely N-dealkylation sites (N-methyl/N-ethyl adjacent to an activating group) is 1. The monoisotopic (exact) mass is 239 g/mol. The van der Waals surface area contributed by atoms with Crippen LogP contribution in [0.4, 0.5) is 0 Å². The van der Waals surface area contributed by atoms with Gasteiger partial charge in [0.05, 0.1) is 0 Å². The number of amides is 1. The SMILES string of the molecule is CN1CCCCC1CNC(=O)CCNC1CC1. The molecule has 17 heavy (non-hydrogen) atoms. The minimum absolute atomic E-state index is 0.192. The third-order valence-corrected chi connectivity index (χ3v) is 3.82. The van der Waals surface area contributed by atoms with Gasteiger partial charge in [-0.05, 0) is 39.3 Å². The molecule has 4 heteroatoms. The number of rotatable bonds is 6. The Balaban J connectivity index is 1.54. The average Bonchev–Trinajstić information content (AvgIpc) is 3.12. The van der Waals surface area contributed by atoms with Crippen LogP contribution in [0.3, 0.4) is 0 Å². The lowest BCUT2D eigenvalue weighted by atomic mass is 10.0. The maximum Gasteiger partial charge on any atom is 0.221 e. The van der Waals surface area contributed by atoms with Gasteiger partial charge in [-0.3, -0.25) is 4.79 Å². The van der Waals surface area contributed by atoms with Crippen LogP contribution >= 0.6 is 0 Å². The number of hydrogen-bond acceptors (Lipinski definition) is 3. The molecule has 98 valence electrons. The van der Waals surface area contributed by atoms with E-state index in [1.807, 2.05) is 0 Å². The topological polar surface area (TPSA) is 44.4 Å². The molecular weight excluding hydrogens is 214 g/mol. The number of likely N-dealkylation sites (tertiary alicyclic amines) is 1. The van der Waals surface area contributed by atoms with Gasteiger partial charge < -0.3 is 15.5 Å². The quantitative estimate of drug-likeness (QED) is 0.718. The fourth-order valence-corrected chi connectivity index (χ4v) is 2.40. The number of hydrogen-bond donors (Lipinski definition) is 2. The van der Waals surface area contributed by atoms with Crippen LogP contribution in [-0.4, -0.2) is 49.6 Å². The summed E-state index contributed by atoms with van der Waals surface area (Å²) in [7, 11) is 2.16. The second kappa shape index (κ2) is 6.36. The number of carbonyl (C=O) groups is 1. The molecule has 1 heterocycles. The van der Waals surface area contributed by atoms with E-state index in [9.17, 15) is 4.79 Å². The molecule has 2 fully saturated rings. The number of carbonyl (C=O) groups excluding carboxylic acids is 1. The van der Waals surface area contributed by atoms with Crippen LogP contribution in [0, 0.1) is 0 Å². The van der Waals surface area contributed by atoms with E-state index in [-0.39, 0.29) is 5.91 Å². The summed E-state index contributed by atoms with van der Waals surface area (Å²) in [6.07, 6.45) is 7.01. The first-order chi connectivity index (χ1) is 8.25. The van der Waals surface area contributed by atoms with Gasteiger partial charge in [-0.25, -0.2) is 0 Å². The van der Waals surface area contributed by atoms with Crippen LogP contribution in [0.25, 0.3) is 0 Å². The van der Waals surface area contributed by atoms with Crippen LogP contribution in [0.5, 0.6) is 0 Å². The summed E-state index contributed by atoms with van der Waals surface area (Å²) in [5.41, 5.74) is 0. The van der Waals surface area contributed by atoms with Gasteiger partial charge in [0.1, 0.15) is 0 Å². The number of nitrogens with zero attached hydrogens (tertiary/aromatic N) is 1. The Morgan fingerprint density at radius 3 is 2.82 bits per heavy atom. The zero-order chi connectivity index (χ0) is 12.1. The van der Waals surface area contributed by atoms with E-state index in [2.05, 4.69) is 22.6 Å². The Labute approximate surface area is 104 Å². The Morgan fingerprint density at radius 2 is 2.12 bits per heavy atom. The number of piperidine rings is 1. The van der Waals surface area contributed by atoms with E-state index in [4.69, 9.17) is 0 Å². The molecular formula is C13H25N3O. The Bertz CT molecular complexity index is 253. The van der Waals surface area contributed by atoms with Crippen molar-refractivity contribution in [1.82, 2.24) is 15.5 Å². The summed E-state index contributed by atoms with van der Waals surface area (Å²) in [6, 6.07) is 1.25. The predicted octanol–water partition coefficient (Wildman–Crippen LogP) is 0.729. The lowest BCUT2D eigenvalue weighted by Gasteiger charge is -2.32. The average molecular weight is 239 g/mol. The predicted molar refractivity (Wildman–Crippen MR) is 68.9 cm³/mol. The van der Waals surface area contributed by atoms with Crippen LogP contribution in [0.15, 0.2) is 0 Å². The second-order valence-corrected chi connectivity index (χ2v) is 5.41. The molecule has 1 atom stereocenters. The Hall–Kier alpha value is -0.610. The van der Waals surface area contributed by atoms with Gasteiger partial charge in [0.15, 0.2) is 0 Å². The molecule has 2 aliphatic rings. The van der Waals surface area contributed by atoms with Gasteiger partial charge in [0.25, 0.3) is 0 Å². The largest absolute Gasteiger partial charge is 0.354 e. The highest BCUT2D eigenvalue weighted by molar-refractivity contribution is 5.76. The highest BCUT2D eigenvalue weighted by Crippen LogP contribution is 2.18. The molecule has 0 spiro atoms. The zero-order valence-corrected chi connectivity index (χ0v) is 10.9. The van der Waals surface area contributed by atoms with Crippen molar-refractivity contribution in [3.05, 3.63) is 0 Å². The summed E-state index contributed by atoms with van der Waals surface area (Å²) >= 11 is 0. The minimum atomic E-state index is 0.192. The molecule has 0 aromatic carbocycles. The fraction of sp³-hybridized carbons (Fsp3) is 0.923. The molecule has 2 rings (SSSR count). The molecule has 0 aromatic heterocycles. The zero-order valence-electron chi connectivity index (χ0n) is 10.9. The molecule has 4 nitrogen and oxygen atoms in total. The van der Waals surface area contributed by atoms with Crippen LogP contribution in [-0.2, 0) is 4.79 Å². The lowest BCUT2D eigenvalue weighted by molar-refractivity contribution is -0.121. The summed E-state index contributed by atoms with van der Waals surface area (Å²) < 4.78 is 0. The molecule has 1 amide bonds. The molecule has 2 N–H and O–H groups in total. The molecule has 0 bridgehead atoms. The van der Waals surface area contributed by atoms with Crippen molar-refractivity contribution in [3.8, 4) is 0 Å². The first-order valence-corrected chi connectivity index (χ1v) is 6.96. The van der Waals surface area contributed by atoms with Crippen molar-refractivity contribution >= 4 is 5.91 Å². The van der Waals surface area contributed by atoms with Crippen molar-refractivity contribution in [1.29, 1.82) is 0 Å². The highest BCUT2D eigenvalue weighted by atomic mass is 16.1. The van der Waals surface area contributed by atoms with Crippen molar-refractivity contribution in [2.45, 2.75) is 50.6 Å². The lowest BCUT2D eigenvalue weighted by Crippen LogP contribution is -2.44. The third kappa shape index (κ3) is 4.64. The van der Waals surface area contributed by atoms with E-state index in [1.54, 1.807) is 0 Å². The molecule has 1 saturated heterocycles. The standard InChI is InChI=1S/C13H25N3O/c1-16-9-3-2-4-12(16)10-15-13(17)7-8-14-11-5-6-11/h11-12,14H,2-10H2,1H3,(H,15,17). The Kier molecular flexibility index (Phi) is 4.80. The highest BCUT2D eigenvalue weighted by Gasteiger charge is 2.21. The summed E-state index contributed by atoms with van der Waals surface area (Å²) in [5.74, 6) is 0.192. The molecule has 1 aliphatic heterocycles. The van der Waals surface area contributed by atoms with Crippen LogP contribution in [0.2, 0.25) is 0 Å². The van der Waals surface area contributed by atoms with E-state index >= 15 is 0 Å².